The second kappa shape index (κ2) is 15.7. The maximum absolute atomic E-state index is 15.8. The van der Waals surface area contributed by atoms with Gasteiger partial charge in [0.1, 0.15) is 9.79 Å². The molecule has 1 radical (unpaired) electrons. The fourth-order valence-corrected chi connectivity index (χ4v) is 8.29. The van der Waals surface area contributed by atoms with Gasteiger partial charge >= 0.3 is 17.1 Å². The summed E-state index contributed by atoms with van der Waals surface area (Å²) < 4.78 is 298. The molecule has 3 aromatic carbocycles. The Morgan fingerprint density at radius 3 is 1.09 bits per heavy atom. The van der Waals surface area contributed by atoms with Gasteiger partial charge < -0.3 is 15.0 Å². The summed E-state index contributed by atoms with van der Waals surface area (Å²) in [5.74, 6) is -40.5. The fraction of sp³-hybridized carbons (Fsp3) is 0. The van der Waals surface area contributed by atoms with Gasteiger partial charge in [-0.15, -0.1) is 0 Å². The topological polar surface area (TPSA) is 169 Å². The van der Waals surface area contributed by atoms with Gasteiger partial charge in [0, 0.05) is 27.7 Å². The average molecular weight is 1010 g/mol. The van der Waals surface area contributed by atoms with Gasteiger partial charge in [0.2, 0.25) is 17.5 Å². The summed E-state index contributed by atoms with van der Waals surface area (Å²) in [6, 6.07) is 1.55. The first-order chi connectivity index (χ1) is 29.8. The summed E-state index contributed by atoms with van der Waals surface area (Å²) >= 11 is 0. The maximum atomic E-state index is 15.8. The first-order valence-corrected chi connectivity index (χ1v) is 19.6. The summed E-state index contributed by atoms with van der Waals surface area (Å²) in [7, 11) is -11.7. The van der Waals surface area contributed by atoms with Crippen LogP contribution in [0.25, 0.3) is 78.6 Å². The Hall–Kier alpha value is -6.32. The van der Waals surface area contributed by atoms with Crippen LogP contribution in [0.5, 0.6) is 0 Å². The molecule has 0 unspecified atom stereocenters. The molecule has 0 atom stereocenters. The average Bonchev–Trinajstić information content (AvgIpc) is 4.07. The van der Waals surface area contributed by atoms with Gasteiger partial charge in [-0.25, -0.2) is 70.8 Å². The molecule has 0 amide bonds. The van der Waals surface area contributed by atoms with E-state index in [0.29, 0.717) is 24.3 Å². The van der Waals surface area contributed by atoms with E-state index >= 15 is 26.3 Å². The SMILES string of the molecule is O=S(=O)(O)c1cc2[nH]c1c(-c1c(F)c(F)c(F)c(F)c1F)c1nc(c(-c3c(F)c(F)c(F)c(F)c3F)c3ccc([nH]3)c(-c3c(F)c(F)c(F)c(F)c3F)c3cc(S(=O)(=O)O)c2[nH]3)C=C1.[Fe+3]. The van der Waals surface area contributed by atoms with Crippen molar-refractivity contribution in [3.63, 3.8) is 0 Å². The Kier molecular flexibility index (Phi) is 11.3. The fourth-order valence-electron chi connectivity index (χ4n) is 6.93. The van der Waals surface area contributed by atoms with Crippen LogP contribution >= 0.6 is 0 Å². The minimum atomic E-state index is -5.93. The zero-order valence-electron chi connectivity index (χ0n) is 30.3. The molecule has 65 heavy (non-hydrogen) atoms. The first-order valence-electron chi connectivity index (χ1n) is 16.7. The molecule has 0 spiro atoms. The molecule has 4 aromatic heterocycles. The Labute approximate surface area is 359 Å². The number of nitrogens with zero attached hydrogens (tertiary/aromatic N) is 1. The molecular formula is C37H11F15FeN4O6S2+3. The van der Waals surface area contributed by atoms with E-state index in [1.54, 1.807) is 0 Å². The number of H-pyrrole nitrogens is 3. The maximum Gasteiger partial charge on any atom is 3.00 e. The minimum Gasteiger partial charge on any atom is -0.354 e. The summed E-state index contributed by atoms with van der Waals surface area (Å²) in [4.78, 5) is 6.91. The van der Waals surface area contributed by atoms with Crippen LogP contribution in [0.4, 0.5) is 65.9 Å². The predicted octanol–water partition coefficient (Wildman–Crippen LogP) is 10.3. The number of hydrogen-bond donors (Lipinski definition) is 5. The van der Waals surface area contributed by atoms with E-state index in [2.05, 4.69) is 15.0 Å². The standard InChI is InChI=1S/C37H11F15N4O6S2.Fe/c38-21-18(22(39)28(45)33(50)27(21)44)15-7-1-2-9(53-7)16(19-23(40)29(46)34(51)30(47)24(19)41)11-5-13(63(57,58)59)36(55-11)12-6-14(64(60,61)62)37(56-12)17(10-4-3-8(15)54-10)20-25(42)31(48)35(52)32(49)26(20)43;/h1-6,53,55-56H,(H,57,58,59)(H,60,61,62);/q;+3. The molecule has 8 bridgehead atoms. The van der Waals surface area contributed by atoms with Crippen LogP contribution in [-0.2, 0) is 37.3 Å². The first kappa shape index (κ1) is 46.7. The minimum absolute atomic E-state index is 0. The number of halogens is 15. The van der Waals surface area contributed by atoms with Crippen LogP contribution < -0.4 is 0 Å². The molecule has 8 rings (SSSR count). The van der Waals surface area contributed by atoms with Gasteiger partial charge in [-0.3, -0.25) is 9.11 Å². The third kappa shape index (κ3) is 7.01. The molecular weight excluding hydrogens is 1000 g/mol. The summed E-state index contributed by atoms with van der Waals surface area (Å²) in [5, 5.41) is 0. The summed E-state index contributed by atoms with van der Waals surface area (Å²) in [5.41, 5.74) is -19.7. The number of nitrogens with one attached hydrogen (secondary N) is 3. The molecule has 0 saturated heterocycles. The van der Waals surface area contributed by atoms with Crippen molar-refractivity contribution < 1.29 is 109 Å². The summed E-state index contributed by atoms with van der Waals surface area (Å²) in [6.45, 7) is 0. The molecule has 5 heterocycles. The Balaban J connectivity index is 0.00000630. The van der Waals surface area contributed by atoms with Gasteiger partial charge in [0.25, 0.3) is 20.2 Å². The van der Waals surface area contributed by atoms with Crippen molar-refractivity contribution in [3.05, 3.63) is 123 Å². The number of fused-ring (bicyclic) bond motifs is 9. The third-order valence-corrected chi connectivity index (χ3v) is 11.4. The molecule has 28 heteroatoms. The quantitative estimate of drug-likeness (QED) is 0.0376. The van der Waals surface area contributed by atoms with E-state index in [1.807, 2.05) is 4.98 Å². The van der Waals surface area contributed by atoms with E-state index in [4.69, 9.17) is 0 Å². The van der Waals surface area contributed by atoms with Crippen molar-refractivity contribution in [2.24, 2.45) is 0 Å². The van der Waals surface area contributed by atoms with Gasteiger partial charge in [-0.2, -0.15) is 16.8 Å². The second-order valence-corrected chi connectivity index (χ2v) is 16.0. The molecule has 7 aromatic rings. The smallest absolute Gasteiger partial charge is 0.354 e. The van der Waals surface area contributed by atoms with Crippen molar-refractivity contribution in [1.82, 2.24) is 19.9 Å². The summed E-state index contributed by atoms with van der Waals surface area (Å²) in [6.07, 6.45) is 0.987. The molecule has 10 nitrogen and oxygen atoms in total. The molecule has 337 valence electrons. The van der Waals surface area contributed by atoms with Crippen LogP contribution in [0.2, 0.25) is 0 Å². The second-order valence-electron chi connectivity index (χ2n) is 13.3. The van der Waals surface area contributed by atoms with Crippen molar-refractivity contribution in [1.29, 1.82) is 0 Å². The number of benzene rings is 3. The Morgan fingerprint density at radius 1 is 0.369 bits per heavy atom. The van der Waals surface area contributed by atoms with Gasteiger partial charge in [-0.1, -0.05) is 0 Å². The molecule has 0 saturated carbocycles. The molecule has 0 fully saturated rings. The van der Waals surface area contributed by atoms with Crippen molar-refractivity contribution in [2.45, 2.75) is 9.79 Å². The molecule has 0 aliphatic carbocycles. The Morgan fingerprint density at radius 2 is 0.677 bits per heavy atom. The van der Waals surface area contributed by atoms with E-state index < -0.39 is 195 Å². The van der Waals surface area contributed by atoms with Crippen LogP contribution in [0.1, 0.15) is 11.4 Å². The number of rotatable bonds is 5. The predicted molar refractivity (Wildman–Crippen MR) is 190 cm³/mol. The van der Waals surface area contributed by atoms with Crippen LogP contribution in [0.3, 0.4) is 0 Å². The normalized spacial score (nSPS) is 12.4. The number of hydrogen-bond acceptors (Lipinski definition) is 5. The molecule has 1 aliphatic heterocycles. The van der Waals surface area contributed by atoms with E-state index in [9.17, 15) is 65.5 Å². The van der Waals surface area contributed by atoms with Crippen LogP contribution in [-0.4, -0.2) is 45.9 Å². The molecule has 1 aliphatic rings. The van der Waals surface area contributed by atoms with Crippen LogP contribution in [0, 0.1) is 87.3 Å². The Bertz CT molecular complexity index is 3620. The third-order valence-electron chi connectivity index (χ3n) is 9.66. The largest absolute Gasteiger partial charge is 3.00 e. The van der Waals surface area contributed by atoms with Crippen molar-refractivity contribution in [3.8, 4) is 33.4 Å². The van der Waals surface area contributed by atoms with Crippen LogP contribution in [0.15, 0.2) is 34.1 Å². The monoisotopic (exact) mass is 1010 g/mol. The van der Waals surface area contributed by atoms with Crippen molar-refractivity contribution >= 4 is 65.5 Å². The van der Waals surface area contributed by atoms with Gasteiger partial charge in [-0.05, 0) is 36.4 Å². The van der Waals surface area contributed by atoms with Gasteiger partial charge in [0.15, 0.2) is 69.8 Å². The molecule has 5 N–H and O–H groups in total. The number of aromatic nitrogens is 4. The van der Waals surface area contributed by atoms with E-state index in [1.165, 1.54) is 0 Å². The van der Waals surface area contributed by atoms with E-state index in [0.717, 1.165) is 0 Å². The van der Waals surface area contributed by atoms with Crippen molar-refractivity contribution in [2.75, 3.05) is 0 Å². The zero-order chi connectivity index (χ0) is 47.0. The zero-order valence-corrected chi connectivity index (χ0v) is 33.0. The van der Waals surface area contributed by atoms with Gasteiger partial charge in [0.05, 0.1) is 50.1 Å². The van der Waals surface area contributed by atoms with E-state index in [-0.39, 0.29) is 29.2 Å². The number of aromatic amines is 3.